The molecule has 0 radical (unpaired) electrons. The lowest BCUT2D eigenvalue weighted by molar-refractivity contribution is -0.148. The molecule has 0 aliphatic rings. The standard InChI is InChI=1S/C27H42N4O6/c1-16(2)23(31-24(33)17(3)4)22(32)14-20(8-7-13-29-27(28)36)25(34)30-21-11-9-19(10-12-21)15-37-26(35)18(5)6/h9-12,16-18,20,23H,7-8,13-15H2,1-6H3,(H,30,34)(H,31,33)(H3,28,29,36)/t20-,23+/m1/s1. The lowest BCUT2D eigenvalue weighted by Crippen LogP contribution is -2.47. The zero-order valence-corrected chi connectivity index (χ0v) is 22.8. The van der Waals surface area contributed by atoms with Crippen molar-refractivity contribution in [3.63, 3.8) is 0 Å². The number of hydrogen-bond acceptors (Lipinski definition) is 6. The Hall–Kier alpha value is -3.43. The van der Waals surface area contributed by atoms with E-state index in [9.17, 15) is 24.0 Å². The third kappa shape index (κ3) is 11.9. The Kier molecular flexibility index (Phi) is 13.4. The van der Waals surface area contributed by atoms with Crippen LogP contribution >= 0.6 is 0 Å². The highest BCUT2D eigenvalue weighted by Gasteiger charge is 2.30. The molecular formula is C27H42N4O6. The largest absolute Gasteiger partial charge is 0.461 e. The Bertz CT molecular complexity index is 927. The summed E-state index contributed by atoms with van der Waals surface area (Å²) < 4.78 is 5.22. The number of amides is 4. The summed E-state index contributed by atoms with van der Waals surface area (Å²) in [6, 6.07) is 5.52. The van der Waals surface area contributed by atoms with Gasteiger partial charge in [-0.3, -0.25) is 19.2 Å². The van der Waals surface area contributed by atoms with Crippen molar-refractivity contribution in [2.24, 2.45) is 29.4 Å². The van der Waals surface area contributed by atoms with Crippen LogP contribution in [0.25, 0.3) is 0 Å². The Labute approximate surface area is 219 Å². The predicted molar refractivity (Wildman–Crippen MR) is 141 cm³/mol. The minimum absolute atomic E-state index is 0.0626. The van der Waals surface area contributed by atoms with Gasteiger partial charge in [0.1, 0.15) is 6.61 Å². The van der Waals surface area contributed by atoms with Crippen molar-refractivity contribution in [2.45, 2.75) is 73.5 Å². The molecule has 37 heavy (non-hydrogen) atoms. The minimum atomic E-state index is -0.707. The summed E-state index contributed by atoms with van der Waals surface area (Å²) in [5, 5.41) is 8.12. The first-order chi connectivity index (χ1) is 17.3. The molecule has 1 aromatic carbocycles. The molecule has 2 atom stereocenters. The number of urea groups is 1. The summed E-state index contributed by atoms with van der Waals surface area (Å²) in [5.74, 6) is -2.40. The number of benzene rings is 1. The second kappa shape index (κ2) is 15.6. The van der Waals surface area contributed by atoms with Crippen molar-refractivity contribution < 1.29 is 28.7 Å². The number of ketones is 1. The zero-order valence-electron chi connectivity index (χ0n) is 22.8. The number of nitrogens with one attached hydrogen (secondary N) is 3. The Morgan fingerprint density at radius 3 is 2.03 bits per heavy atom. The number of Topliss-reactive ketones (excluding diaryl/α,β-unsaturated/α-hetero) is 1. The van der Waals surface area contributed by atoms with E-state index in [1.807, 2.05) is 13.8 Å². The molecule has 0 heterocycles. The maximum Gasteiger partial charge on any atom is 0.312 e. The first-order valence-corrected chi connectivity index (χ1v) is 12.7. The van der Waals surface area contributed by atoms with Crippen LogP contribution in [0.3, 0.4) is 0 Å². The van der Waals surface area contributed by atoms with E-state index >= 15 is 0 Å². The van der Waals surface area contributed by atoms with Gasteiger partial charge < -0.3 is 26.4 Å². The fourth-order valence-electron chi connectivity index (χ4n) is 3.44. The number of ether oxygens (including phenoxy) is 1. The molecule has 1 rings (SSSR count). The molecule has 206 valence electrons. The van der Waals surface area contributed by atoms with Crippen LogP contribution in [0.4, 0.5) is 10.5 Å². The second-order valence-electron chi connectivity index (χ2n) is 10.1. The van der Waals surface area contributed by atoms with Gasteiger partial charge >= 0.3 is 12.0 Å². The van der Waals surface area contributed by atoms with Gasteiger partial charge in [0.15, 0.2) is 5.78 Å². The molecule has 0 fully saturated rings. The summed E-state index contributed by atoms with van der Waals surface area (Å²) in [6.07, 6.45) is 0.718. The maximum absolute atomic E-state index is 13.1. The Morgan fingerprint density at radius 2 is 1.51 bits per heavy atom. The van der Waals surface area contributed by atoms with Crippen LogP contribution in [0.2, 0.25) is 0 Å². The zero-order chi connectivity index (χ0) is 28.1. The first-order valence-electron chi connectivity index (χ1n) is 12.7. The maximum atomic E-state index is 13.1. The van der Waals surface area contributed by atoms with E-state index in [4.69, 9.17) is 10.5 Å². The number of anilines is 1. The van der Waals surface area contributed by atoms with Crippen LogP contribution in [-0.4, -0.2) is 42.2 Å². The molecule has 0 unspecified atom stereocenters. The van der Waals surface area contributed by atoms with Gasteiger partial charge in [0.05, 0.1) is 12.0 Å². The van der Waals surface area contributed by atoms with Gasteiger partial charge in [0, 0.05) is 30.5 Å². The van der Waals surface area contributed by atoms with E-state index in [2.05, 4.69) is 16.0 Å². The molecule has 0 bridgehead atoms. The monoisotopic (exact) mass is 518 g/mol. The number of rotatable bonds is 15. The van der Waals surface area contributed by atoms with E-state index in [0.717, 1.165) is 5.56 Å². The van der Waals surface area contributed by atoms with Crippen LogP contribution in [0.1, 0.15) is 66.4 Å². The third-order valence-corrected chi connectivity index (χ3v) is 5.76. The average Bonchev–Trinajstić information content (AvgIpc) is 2.82. The van der Waals surface area contributed by atoms with E-state index in [1.54, 1.807) is 52.0 Å². The molecule has 0 aliphatic carbocycles. The fraction of sp³-hybridized carbons (Fsp3) is 0.593. The van der Waals surface area contributed by atoms with Crippen molar-refractivity contribution in [1.82, 2.24) is 10.6 Å². The number of carbonyl (C=O) groups is 5. The predicted octanol–water partition coefficient (Wildman–Crippen LogP) is 3.15. The van der Waals surface area contributed by atoms with Crippen LogP contribution in [0.5, 0.6) is 0 Å². The fourth-order valence-corrected chi connectivity index (χ4v) is 3.44. The van der Waals surface area contributed by atoms with Gasteiger partial charge in [-0.1, -0.05) is 53.7 Å². The molecule has 0 spiro atoms. The molecular weight excluding hydrogens is 476 g/mol. The lowest BCUT2D eigenvalue weighted by Gasteiger charge is -2.24. The average molecular weight is 519 g/mol. The van der Waals surface area contributed by atoms with Crippen LogP contribution in [-0.2, 0) is 30.5 Å². The van der Waals surface area contributed by atoms with E-state index in [0.29, 0.717) is 18.5 Å². The van der Waals surface area contributed by atoms with Crippen molar-refractivity contribution in [2.75, 3.05) is 11.9 Å². The second-order valence-corrected chi connectivity index (χ2v) is 10.1. The van der Waals surface area contributed by atoms with Gasteiger partial charge in [-0.2, -0.15) is 0 Å². The molecule has 0 aliphatic heterocycles. The number of hydrogen-bond donors (Lipinski definition) is 4. The third-order valence-electron chi connectivity index (χ3n) is 5.76. The summed E-state index contributed by atoms with van der Waals surface area (Å²) in [6.45, 7) is 11.1. The Balaban J connectivity index is 2.91. The van der Waals surface area contributed by atoms with E-state index < -0.39 is 18.0 Å². The highest BCUT2D eigenvalue weighted by Crippen LogP contribution is 2.20. The molecule has 4 amide bonds. The quantitative estimate of drug-likeness (QED) is 0.206. The minimum Gasteiger partial charge on any atom is -0.461 e. The van der Waals surface area contributed by atoms with Crippen LogP contribution < -0.4 is 21.7 Å². The number of primary amides is 1. The normalized spacial score (nSPS) is 12.7. The van der Waals surface area contributed by atoms with Gasteiger partial charge in [-0.05, 0) is 36.5 Å². The van der Waals surface area contributed by atoms with Crippen molar-refractivity contribution in [3.8, 4) is 0 Å². The molecule has 10 nitrogen and oxygen atoms in total. The number of carbonyl (C=O) groups excluding carboxylic acids is 5. The molecule has 1 aromatic rings. The lowest BCUT2D eigenvalue weighted by atomic mass is 9.89. The highest BCUT2D eigenvalue weighted by atomic mass is 16.5. The van der Waals surface area contributed by atoms with Gasteiger partial charge in [-0.15, -0.1) is 0 Å². The smallest absolute Gasteiger partial charge is 0.312 e. The molecule has 0 saturated carbocycles. The Morgan fingerprint density at radius 1 is 0.892 bits per heavy atom. The van der Waals surface area contributed by atoms with Crippen molar-refractivity contribution in [3.05, 3.63) is 29.8 Å². The molecule has 10 heteroatoms. The SMILES string of the molecule is CC(C)C(=O)N[C@H](C(=O)C[C@@H](CCCNC(N)=O)C(=O)Nc1ccc(COC(=O)C(C)C)cc1)C(C)C. The number of esters is 1. The van der Waals surface area contributed by atoms with Gasteiger partial charge in [0.25, 0.3) is 0 Å². The highest BCUT2D eigenvalue weighted by molar-refractivity contribution is 5.97. The topological polar surface area (TPSA) is 157 Å². The van der Waals surface area contributed by atoms with Gasteiger partial charge in [0.2, 0.25) is 11.8 Å². The summed E-state index contributed by atoms with van der Waals surface area (Å²) in [4.78, 5) is 61.1. The first kappa shape index (κ1) is 31.6. The van der Waals surface area contributed by atoms with E-state index in [1.165, 1.54) is 0 Å². The van der Waals surface area contributed by atoms with Crippen molar-refractivity contribution in [1.29, 1.82) is 0 Å². The molecule has 0 aromatic heterocycles. The summed E-state index contributed by atoms with van der Waals surface area (Å²) in [7, 11) is 0. The van der Waals surface area contributed by atoms with Crippen LogP contribution in [0, 0.1) is 23.7 Å². The molecule has 0 saturated heterocycles. The van der Waals surface area contributed by atoms with Crippen molar-refractivity contribution >= 4 is 35.3 Å². The summed E-state index contributed by atoms with van der Waals surface area (Å²) in [5.41, 5.74) is 6.42. The van der Waals surface area contributed by atoms with E-state index in [-0.39, 0.29) is 60.9 Å². The van der Waals surface area contributed by atoms with Crippen LogP contribution in [0.15, 0.2) is 24.3 Å². The van der Waals surface area contributed by atoms with Gasteiger partial charge in [-0.25, -0.2) is 4.79 Å². The summed E-state index contributed by atoms with van der Waals surface area (Å²) >= 11 is 0. The molecule has 5 N–H and O–H groups in total. The number of nitrogens with two attached hydrogens (primary N) is 1.